The molecule has 1 aliphatic rings. The van der Waals surface area contributed by atoms with E-state index in [1.807, 2.05) is 0 Å². The summed E-state index contributed by atoms with van der Waals surface area (Å²) >= 11 is 0. The largest absolute Gasteiger partial charge is 0.480 e. The molecule has 1 aliphatic carbocycles. The van der Waals surface area contributed by atoms with E-state index in [4.69, 9.17) is 10.5 Å². The predicted octanol–water partition coefficient (Wildman–Crippen LogP) is 2.00. The van der Waals surface area contributed by atoms with Crippen LogP contribution in [0.3, 0.4) is 0 Å². The average molecular weight is 278 g/mol. The van der Waals surface area contributed by atoms with Crippen molar-refractivity contribution in [3.8, 4) is 5.88 Å². The van der Waals surface area contributed by atoms with Crippen LogP contribution in [-0.2, 0) is 0 Å². The van der Waals surface area contributed by atoms with E-state index >= 15 is 0 Å². The van der Waals surface area contributed by atoms with Gasteiger partial charge in [-0.15, -0.1) is 0 Å². The van der Waals surface area contributed by atoms with Crippen LogP contribution in [0.2, 0.25) is 0 Å². The summed E-state index contributed by atoms with van der Waals surface area (Å²) in [7, 11) is 5.84. The molecule has 0 spiro atoms. The second kappa shape index (κ2) is 6.06. The first kappa shape index (κ1) is 15.2. The number of methoxy groups -OCH3 is 1. The van der Waals surface area contributed by atoms with Crippen LogP contribution in [0.1, 0.15) is 44.3 Å². The standard InChI is InChI=1S/C15H26N4O/c1-11-5-7-15(8-6-11,19(2)3)13(16)12-14(20-4)18-10-9-17-12/h9-11,13H,5-8,16H2,1-4H3. The zero-order chi connectivity index (χ0) is 14.8. The normalized spacial score (nSPS) is 28.4. The highest BCUT2D eigenvalue weighted by molar-refractivity contribution is 5.25. The summed E-state index contributed by atoms with van der Waals surface area (Å²) in [5.41, 5.74) is 7.31. The van der Waals surface area contributed by atoms with Gasteiger partial charge in [-0.25, -0.2) is 4.98 Å². The van der Waals surface area contributed by atoms with E-state index in [9.17, 15) is 0 Å². The summed E-state index contributed by atoms with van der Waals surface area (Å²) in [5, 5.41) is 0. The molecule has 1 unspecified atom stereocenters. The van der Waals surface area contributed by atoms with Crippen LogP contribution in [0.15, 0.2) is 12.4 Å². The monoisotopic (exact) mass is 278 g/mol. The van der Waals surface area contributed by atoms with Gasteiger partial charge in [0.1, 0.15) is 5.69 Å². The Balaban J connectivity index is 2.34. The maximum Gasteiger partial charge on any atom is 0.237 e. The fourth-order valence-electron chi connectivity index (χ4n) is 3.26. The smallest absolute Gasteiger partial charge is 0.237 e. The van der Waals surface area contributed by atoms with Crippen molar-refractivity contribution in [2.24, 2.45) is 11.7 Å². The van der Waals surface area contributed by atoms with Crippen LogP contribution in [0.4, 0.5) is 0 Å². The molecular weight excluding hydrogens is 252 g/mol. The molecule has 1 saturated carbocycles. The first-order valence-corrected chi connectivity index (χ1v) is 7.29. The number of hydrogen-bond acceptors (Lipinski definition) is 5. The first-order valence-electron chi connectivity index (χ1n) is 7.29. The summed E-state index contributed by atoms with van der Waals surface area (Å²) < 4.78 is 5.33. The Morgan fingerprint density at radius 1 is 1.30 bits per heavy atom. The molecule has 0 aromatic carbocycles. The van der Waals surface area contributed by atoms with Crippen LogP contribution >= 0.6 is 0 Å². The molecule has 1 heterocycles. The molecule has 1 atom stereocenters. The van der Waals surface area contributed by atoms with Crippen LogP contribution in [0.5, 0.6) is 5.88 Å². The number of ether oxygens (including phenoxy) is 1. The van der Waals surface area contributed by atoms with Crippen LogP contribution in [0.25, 0.3) is 0 Å². The van der Waals surface area contributed by atoms with Gasteiger partial charge in [0.15, 0.2) is 0 Å². The van der Waals surface area contributed by atoms with E-state index < -0.39 is 0 Å². The lowest BCUT2D eigenvalue weighted by Crippen LogP contribution is -2.54. The predicted molar refractivity (Wildman–Crippen MR) is 79.6 cm³/mol. The minimum atomic E-state index is -0.186. The minimum Gasteiger partial charge on any atom is -0.480 e. The number of nitrogens with two attached hydrogens (primary N) is 1. The molecule has 2 rings (SSSR count). The summed E-state index contributed by atoms with van der Waals surface area (Å²) in [6.45, 7) is 2.31. The van der Waals surface area contributed by atoms with Crippen molar-refractivity contribution in [1.82, 2.24) is 14.9 Å². The Bertz CT molecular complexity index is 441. The number of aromatic nitrogens is 2. The maximum atomic E-state index is 6.60. The van der Waals surface area contributed by atoms with Crippen molar-refractivity contribution in [2.45, 2.75) is 44.2 Å². The van der Waals surface area contributed by atoms with Crippen molar-refractivity contribution in [1.29, 1.82) is 0 Å². The molecule has 5 heteroatoms. The van der Waals surface area contributed by atoms with E-state index in [1.165, 1.54) is 12.8 Å². The Morgan fingerprint density at radius 2 is 1.90 bits per heavy atom. The molecule has 5 nitrogen and oxygen atoms in total. The molecular formula is C15H26N4O. The van der Waals surface area contributed by atoms with Crippen molar-refractivity contribution in [2.75, 3.05) is 21.2 Å². The molecule has 112 valence electrons. The van der Waals surface area contributed by atoms with Crippen molar-refractivity contribution < 1.29 is 4.74 Å². The van der Waals surface area contributed by atoms with E-state index in [2.05, 4.69) is 35.9 Å². The molecule has 0 saturated heterocycles. The molecule has 1 aromatic heterocycles. The van der Waals surface area contributed by atoms with Gasteiger partial charge >= 0.3 is 0 Å². The number of likely N-dealkylation sites (N-methyl/N-ethyl adjacent to an activating group) is 1. The highest BCUT2D eigenvalue weighted by Gasteiger charge is 2.43. The topological polar surface area (TPSA) is 64.3 Å². The molecule has 0 amide bonds. The molecule has 1 fully saturated rings. The zero-order valence-electron chi connectivity index (χ0n) is 13.0. The maximum absolute atomic E-state index is 6.60. The molecule has 0 bridgehead atoms. The van der Waals surface area contributed by atoms with E-state index in [1.54, 1.807) is 19.5 Å². The Morgan fingerprint density at radius 3 is 2.45 bits per heavy atom. The third kappa shape index (κ3) is 2.65. The van der Waals surface area contributed by atoms with Gasteiger partial charge in [0.2, 0.25) is 5.88 Å². The van der Waals surface area contributed by atoms with Gasteiger partial charge in [-0.3, -0.25) is 4.98 Å². The van der Waals surface area contributed by atoms with Gasteiger partial charge in [-0.1, -0.05) is 6.92 Å². The summed E-state index contributed by atoms with van der Waals surface area (Å²) in [6, 6.07) is -0.186. The van der Waals surface area contributed by atoms with Crippen LogP contribution in [0, 0.1) is 5.92 Å². The number of hydrogen-bond donors (Lipinski definition) is 1. The van der Waals surface area contributed by atoms with Crippen molar-refractivity contribution in [3.63, 3.8) is 0 Å². The Kier molecular flexibility index (Phi) is 4.60. The number of rotatable bonds is 4. The van der Waals surface area contributed by atoms with Crippen molar-refractivity contribution in [3.05, 3.63) is 18.1 Å². The van der Waals surface area contributed by atoms with Gasteiger partial charge in [-0.05, 0) is 45.7 Å². The second-order valence-electron chi connectivity index (χ2n) is 6.11. The Hall–Kier alpha value is -1.20. The lowest BCUT2D eigenvalue weighted by molar-refractivity contribution is 0.0540. The highest BCUT2D eigenvalue weighted by atomic mass is 16.5. The van der Waals surface area contributed by atoms with Crippen molar-refractivity contribution >= 4 is 0 Å². The average Bonchev–Trinajstić information content (AvgIpc) is 2.47. The molecule has 2 N–H and O–H groups in total. The van der Waals surface area contributed by atoms with Gasteiger partial charge in [-0.2, -0.15) is 0 Å². The SMILES string of the molecule is COc1nccnc1C(N)C1(N(C)C)CCC(C)CC1. The molecule has 0 aliphatic heterocycles. The third-order valence-corrected chi connectivity index (χ3v) is 4.79. The summed E-state index contributed by atoms with van der Waals surface area (Å²) in [5.74, 6) is 1.32. The Labute approximate surface area is 121 Å². The summed E-state index contributed by atoms with van der Waals surface area (Å²) in [4.78, 5) is 10.9. The van der Waals surface area contributed by atoms with E-state index in [0.29, 0.717) is 5.88 Å². The van der Waals surface area contributed by atoms with Gasteiger partial charge in [0.05, 0.1) is 13.2 Å². The molecule has 1 aromatic rings. The van der Waals surface area contributed by atoms with Gasteiger partial charge in [0.25, 0.3) is 0 Å². The van der Waals surface area contributed by atoms with Crippen LogP contribution < -0.4 is 10.5 Å². The highest BCUT2D eigenvalue weighted by Crippen LogP contribution is 2.43. The first-order chi connectivity index (χ1) is 9.51. The lowest BCUT2D eigenvalue weighted by atomic mass is 9.71. The fraction of sp³-hybridized carbons (Fsp3) is 0.733. The zero-order valence-corrected chi connectivity index (χ0v) is 13.0. The number of nitrogens with zero attached hydrogens (tertiary/aromatic N) is 3. The third-order valence-electron chi connectivity index (χ3n) is 4.79. The second-order valence-corrected chi connectivity index (χ2v) is 6.11. The summed E-state index contributed by atoms with van der Waals surface area (Å²) in [6.07, 6.45) is 7.90. The van der Waals surface area contributed by atoms with E-state index in [-0.39, 0.29) is 11.6 Å². The quantitative estimate of drug-likeness (QED) is 0.912. The van der Waals surface area contributed by atoms with Crippen LogP contribution in [-0.4, -0.2) is 41.6 Å². The lowest BCUT2D eigenvalue weighted by Gasteiger charge is -2.48. The minimum absolute atomic E-state index is 0.0597. The van der Waals surface area contributed by atoms with Gasteiger partial charge < -0.3 is 15.4 Å². The molecule has 20 heavy (non-hydrogen) atoms. The fourth-order valence-corrected chi connectivity index (χ4v) is 3.26. The van der Waals surface area contributed by atoms with Gasteiger partial charge in [0, 0.05) is 17.9 Å². The molecule has 0 radical (unpaired) electrons. The van der Waals surface area contributed by atoms with E-state index in [0.717, 1.165) is 24.5 Å².